The lowest BCUT2D eigenvalue weighted by Gasteiger charge is -2.19. The van der Waals surface area contributed by atoms with Gasteiger partial charge in [-0.25, -0.2) is 0 Å². The van der Waals surface area contributed by atoms with E-state index in [-0.39, 0.29) is 24.1 Å². The lowest BCUT2D eigenvalue weighted by atomic mass is 9.95. The van der Waals surface area contributed by atoms with Gasteiger partial charge in [0, 0.05) is 11.5 Å². The first-order valence-corrected chi connectivity index (χ1v) is 10.3. The van der Waals surface area contributed by atoms with Crippen LogP contribution in [0.15, 0.2) is 66.0 Å². The predicted octanol–water partition coefficient (Wildman–Crippen LogP) is 3.33. The molecule has 0 saturated heterocycles. The smallest absolute Gasteiger partial charge is 0.305 e. The van der Waals surface area contributed by atoms with E-state index in [2.05, 4.69) is 35.7 Å². The van der Waals surface area contributed by atoms with Crippen LogP contribution < -0.4 is 16.8 Å². The molecule has 0 heterocycles. The van der Waals surface area contributed by atoms with E-state index in [0.29, 0.717) is 18.4 Å². The molecule has 1 unspecified atom stereocenters. The highest BCUT2D eigenvalue weighted by atomic mass is 16.4. The van der Waals surface area contributed by atoms with Gasteiger partial charge in [-0.05, 0) is 48.5 Å². The molecule has 1 fully saturated rings. The third-order valence-electron chi connectivity index (χ3n) is 5.75. The Hall–Kier alpha value is -3.28. The molecule has 2 aliphatic carbocycles. The number of allylic oxidation sites excluding steroid dienone is 6. The van der Waals surface area contributed by atoms with Crippen LogP contribution in [-0.2, 0) is 9.59 Å². The van der Waals surface area contributed by atoms with Crippen LogP contribution in [0.1, 0.15) is 56.1 Å². The van der Waals surface area contributed by atoms with Gasteiger partial charge in [0.2, 0.25) is 5.91 Å². The average molecular weight is 408 g/mol. The molecule has 158 valence electrons. The quantitative estimate of drug-likeness (QED) is 0.389. The number of amides is 1. The Morgan fingerprint density at radius 2 is 1.97 bits per heavy atom. The largest absolute Gasteiger partial charge is 0.481 e. The van der Waals surface area contributed by atoms with Crippen molar-refractivity contribution < 1.29 is 14.7 Å². The monoisotopic (exact) mass is 407 g/mol. The fourth-order valence-electron chi connectivity index (χ4n) is 4.02. The van der Waals surface area contributed by atoms with Crippen molar-refractivity contribution in [1.82, 2.24) is 5.32 Å². The molecule has 0 bridgehead atoms. The Labute approximate surface area is 177 Å². The summed E-state index contributed by atoms with van der Waals surface area (Å²) in [5.41, 5.74) is 14.1. The fraction of sp³-hybridized carbons (Fsp3) is 0.333. The number of carboxylic acids is 1. The first-order chi connectivity index (χ1) is 14.3. The van der Waals surface area contributed by atoms with Crippen LogP contribution in [0.4, 0.5) is 0 Å². The van der Waals surface area contributed by atoms with Crippen molar-refractivity contribution in [1.29, 1.82) is 0 Å². The molecular formula is C24H29N3O3. The van der Waals surface area contributed by atoms with Gasteiger partial charge in [0.05, 0.1) is 17.8 Å². The van der Waals surface area contributed by atoms with Gasteiger partial charge in [0.25, 0.3) is 0 Å². The zero-order chi connectivity index (χ0) is 21.7. The maximum absolute atomic E-state index is 12.8. The van der Waals surface area contributed by atoms with Crippen molar-refractivity contribution in [3.63, 3.8) is 0 Å². The van der Waals surface area contributed by atoms with E-state index >= 15 is 0 Å². The molecule has 3 rings (SSSR count). The summed E-state index contributed by atoms with van der Waals surface area (Å²) in [6.45, 7) is 1.86. The second-order valence-corrected chi connectivity index (χ2v) is 7.93. The molecular weight excluding hydrogens is 378 g/mol. The van der Waals surface area contributed by atoms with Crippen molar-refractivity contribution >= 4 is 17.4 Å². The van der Waals surface area contributed by atoms with E-state index in [0.717, 1.165) is 18.4 Å². The van der Waals surface area contributed by atoms with Crippen molar-refractivity contribution in [2.24, 2.45) is 11.5 Å². The Bertz CT molecular complexity index is 937. The third kappa shape index (κ3) is 5.00. The molecule has 0 aliphatic heterocycles. The average Bonchev–Trinajstić information content (AvgIpc) is 3.41. The predicted molar refractivity (Wildman–Crippen MR) is 118 cm³/mol. The van der Waals surface area contributed by atoms with Gasteiger partial charge in [0.15, 0.2) is 0 Å². The number of carbonyl (C=O) groups is 2. The van der Waals surface area contributed by atoms with E-state index in [1.54, 1.807) is 6.08 Å². The molecule has 6 heteroatoms. The van der Waals surface area contributed by atoms with Crippen LogP contribution in [0, 0.1) is 0 Å². The normalized spacial score (nSPS) is 22.8. The Balaban J connectivity index is 1.77. The van der Waals surface area contributed by atoms with Crippen molar-refractivity contribution in [3.05, 3.63) is 77.2 Å². The topological polar surface area (TPSA) is 118 Å². The zero-order valence-corrected chi connectivity index (χ0v) is 17.2. The molecule has 1 saturated carbocycles. The first-order valence-electron chi connectivity index (χ1n) is 10.3. The highest BCUT2D eigenvalue weighted by Crippen LogP contribution is 2.54. The number of aliphatic carboxylic acids is 1. The molecule has 1 aromatic rings. The maximum Gasteiger partial charge on any atom is 0.305 e. The molecule has 1 aromatic carbocycles. The van der Waals surface area contributed by atoms with Gasteiger partial charge in [-0.15, -0.1) is 0 Å². The van der Waals surface area contributed by atoms with Gasteiger partial charge >= 0.3 is 5.97 Å². The van der Waals surface area contributed by atoms with Crippen LogP contribution >= 0.6 is 0 Å². The summed E-state index contributed by atoms with van der Waals surface area (Å²) in [4.78, 5) is 24.3. The van der Waals surface area contributed by atoms with E-state index in [1.807, 2.05) is 19.1 Å². The minimum absolute atomic E-state index is 0.0277. The highest BCUT2D eigenvalue weighted by Gasteiger charge is 2.57. The first kappa shape index (κ1) is 21.4. The van der Waals surface area contributed by atoms with E-state index < -0.39 is 11.5 Å². The Kier molecular flexibility index (Phi) is 6.45. The molecule has 0 radical (unpaired) electrons. The maximum atomic E-state index is 12.8. The minimum atomic E-state index is -0.929. The number of rotatable bonds is 8. The van der Waals surface area contributed by atoms with Gasteiger partial charge in [-0.3, -0.25) is 9.59 Å². The van der Waals surface area contributed by atoms with Gasteiger partial charge in [-0.1, -0.05) is 55.5 Å². The molecule has 30 heavy (non-hydrogen) atoms. The number of carboxylic acid groups (broad SMARTS) is 1. The van der Waals surface area contributed by atoms with Crippen molar-refractivity contribution in [2.45, 2.75) is 50.5 Å². The van der Waals surface area contributed by atoms with Gasteiger partial charge < -0.3 is 21.9 Å². The van der Waals surface area contributed by atoms with E-state index in [9.17, 15) is 14.7 Å². The summed E-state index contributed by atoms with van der Waals surface area (Å²) >= 11 is 0. The lowest BCUT2D eigenvalue weighted by Crippen LogP contribution is -2.40. The van der Waals surface area contributed by atoms with Crippen LogP contribution in [0.5, 0.6) is 0 Å². The van der Waals surface area contributed by atoms with Crippen LogP contribution in [0.25, 0.3) is 5.57 Å². The molecule has 2 aliphatic rings. The Morgan fingerprint density at radius 3 is 2.53 bits per heavy atom. The second-order valence-electron chi connectivity index (χ2n) is 7.93. The van der Waals surface area contributed by atoms with Crippen LogP contribution in [0.2, 0.25) is 0 Å². The Morgan fingerprint density at radius 1 is 1.23 bits per heavy atom. The molecule has 1 amide bonds. The second kappa shape index (κ2) is 9.03. The van der Waals surface area contributed by atoms with Crippen LogP contribution in [0.3, 0.4) is 0 Å². The van der Waals surface area contributed by atoms with E-state index in [4.69, 9.17) is 11.5 Å². The number of benzene rings is 1. The lowest BCUT2D eigenvalue weighted by molar-refractivity contribution is -0.138. The molecule has 0 aromatic heterocycles. The van der Waals surface area contributed by atoms with Crippen molar-refractivity contribution in [2.75, 3.05) is 0 Å². The zero-order valence-electron chi connectivity index (χ0n) is 17.2. The summed E-state index contributed by atoms with van der Waals surface area (Å²) in [5.74, 6) is -1.13. The summed E-state index contributed by atoms with van der Waals surface area (Å²) in [5, 5.41) is 12.4. The van der Waals surface area contributed by atoms with Crippen LogP contribution in [-0.4, -0.2) is 22.5 Å². The SMILES string of the molecule is CC/C(=C\C=C(N)N)C(=O)N[C@]1(CC(=O)O)CC1c1ccc(C2=CC=CCC2)cc1. The van der Waals surface area contributed by atoms with Gasteiger partial charge in [-0.2, -0.15) is 0 Å². The fourth-order valence-corrected chi connectivity index (χ4v) is 4.02. The highest BCUT2D eigenvalue weighted by molar-refractivity contribution is 5.95. The number of carbonyl (C=O) groups excluding carboxylic acids is 1. The summed E-state index contributed by atoms with van der Waals surface area (Å²) < 4.78 is 0. The summed E-state index contributed by atoms with van der Waals surface area (Å²) in [7, 11) is 0. The molecule has 6 N–H and O–H groups in total. The molecule has 0 spiro atoms. The summed E-state index contributed by atoms with van der Waals surface area (Å²) in [6, 6.07) is 8.25. The number of hydrogen-bond donors (Lipinski definition) is 4. The number of nitrogens with one attached hydrogen (secondary N) is 1. The standard InChI is InChI=1S/C24H29N3O3/c1-2-16(12-13-21(25)26)23(30)27-24(15-22(28)29)14-20(24)19-10-8-18(9-11-19)17-6-4-3-5-7-17/h3-4,6,8-13,20H,2,5,7,14-15,25-26H2,1H3,(H,27,30)(H,28,29)/b16-12+/t20?,24-/m0/s1. The van der Waals surface area contributed by atoms with E-state index in [1.165, 1.54) is 17.2 Å². The molecule has 2 atom stereocenters. The minimum Gasteiger partial charge on any atom is -0.481 e. The molecule has 6 nitrogen and oxygen atoms in total. The van der Waals surface area contributed by atoms with Gasteiger partial charge in [0.1, 0.15) is 0 Å². The summed E-state index contributed by atoms with van der Waals surface area (Å²) in [6.07, 6.45) is 12.4. The van der Waals surface area contributed by atoms with Crippen molar-refractivity contribution in [3.8, 4) is 0 Å². The third-order valence-corrected chi connectivity index (χ3v) is 5.75. The number of nitrogens with two attached hydrogens (primary N) is 2. The number of hydrogen-bond acceptors (Lipinski definition) is 4.